The Balaban J connectivity index is 5.05. The molecule has 4 unspecified atom stereocenters. The first-order valence-corrected chi connectivity index (χ1v) is 7.66. The highest BCUT2D eigenvalue weighted by Crippen LogP contribution is 2.03. The van der Waals surface area contributed by atoms with E-state index in [4.69, 9.17) is 21.1 Å². The van der Waals surface area contributed by atoms with Crippen LogP contribution in [0.3, 0.4) is 0 Å². The normalized spacial score (nSPS) is 15.2. The summed E-state index contributed by atoms with van der Waals surface area (Å²) in [7, 11) is 0. The van der Waals surface area contributed by atoms with Crippen LogP contribution < -0.4 is 16.4 Å². The van der Waals surface area contributed by atoms with Gasteiger partial charge in [-0.2, -0.15) is 0 Å². The highest BCUT2D eigenvalue weighted by Gasteiger charge is 2.30. The highest BCUT2D eigenvalue weighted by atomic mass is 16.4. The van der Waals surface area contributed by atoms with Crippen LogP contribution in [-0.2, 0) is 24.0 Å². The maximum atomic E-state index is 12.2. The minimum Gasteiger partial charge on any atom is -0.481 e. The third kappa shape index (κ3) is 8.94. The molecule has 0 spiro atoms. The van der Waals surface area contributed by atoms with Gasteiger partial charge in [-0.1, -0.05) is 0 Å². The molecule has 4 atom stereocenters. The predicted octanol–water partition coefficient (Wildman–Crippen LogP) is -2.52. The van der Waals surface area contributed by atoms with Gasteiger partial charge < -0.3 is 36.8 Å². The summed E-state index contributed by atoms with van der Waals surface area (Å²) in [6.45, 7) is 1.13. The summed E-state index contributed by atoms with van der Waals surface area (Å²) in [5.41, 5.74) is 5.51. The molecule has 0 rings (SSSR count). The Morgan fingerprint density at radius 2 is 1.38 bits per heavy atom. The van der Waals surface area contributed by atoms with Crippen LogP contribution in [0.5, 0.6) is 0 Å². The molecule has 0 aliphatic rings. The minimum atomic E-state index is -1.66. The van der Waals surface area contributed by atoms with E-state index in [1.165, 1.54) is 0 Å². The lowest BCUT2D eigenvalue weighted by Crippen LogP contribution is -2.56. The number of carbonyl (C=O) groups is 5. The standard InChI is InChI=1S/C14H23N3O9/c1-6(18)11(14(25)26)17-13(24)8(3-5-10(21)22)16-12(23)7(15)2-4-9(19)20/h6-8,11,18H,2-5,15H2,1H3,(H,16,23)(H,17,24)(H,19,20)(H,21,22)(H,25,26). The second-order valence-electron chi connectivity index (χ2n) is 5.60. The number of aliphatic carboxylic acids is 3. The smallest absolute Gasteiger partial charge is 0.328 e. The van der Waals surface area contributed by atoms with Gasteiger partial charge in [0.25, 0.3) is 0 Å². The third-order valence-corrected chi connectivity index (χ3v) is 3.33. The summed E-state index contributed by atoms with van der Waals surface area (Å²) >= 11 is 0. The Hall–Kier alpha value is -2.73. The number of amides is 2. The van der Waals surface area contributed by atoms with E-state index in [2.05, 4.69) is 5.32 Å². The summed E-state index contributed by atoms with van der Waals surface area (Å²) in [6, 6.07) is -4.33. The van der Waals surface area contributed by atoms with Crippen molar-refractivity contribution in [3.63, 3.8) is 0 Å². The molecule has 0 saturated carbocycles. The molecule has 0 aromatic heterocycles. The highest BCUT2D eigenvalue weighted by molar-refractivity contribution is 5.92. The van der Waals surface area contributed by atoms with Crippen LogP contribution in [0.4, 0.5) is 0 Å². The first-order chi connectivity index (χ1) is 12.0. The van der Waals surface area contributed by atoms with Crippen molar-refractivity contribution in [3.05, 3.63) is 0 Å². The van der Waals surface area contributed by atoms with Crippen molar-refractivity contribution in [1.29, 1.82) is 0 Å². The molecule has 0 aromatic carbocycles. The number of nitrogens with one attached hydrogen (secondary N) is 2. The zero-order chi connectivity index (χ0) is 20.4. The van der Waals surface area contributed by atoms with E-state index in [-0.39, 0.29) is 19.3 Å². The van der Waals surface area contributed by atoms with Crippen LogP contribution in [0.15, 0.2) is 0 Å². The van der Waals surface area contributed by atoms with Crippen LogP contribution in [0.2, 0.25) is 0 Å². The molecule has 0 radical (unpaired) electrons. The Bertz CT molecular complexity index is 550. The van der Waals surface area contributed by atoms with Gasteiger partial charge >= 0.3 is 17.9 Å². The molecule has 0 heterocycles. The van der Waals surface area contributed by atoms with Crippen LogP contribution >= 0.6 is 0 Å². The number of hydrogen-bond acceptors (Lipinski definition) is 7. The Morgan fingerprint density at radius 1 is 0.885 bits per heavy atom. The van der Waals surface area contributed by atoms with Gasteiger partial charge in [-0.15, -0.1) is 0 Å². The van der Waals surface area contributed by atoms with Gasteiger partial charge in [0.15, 0.2) is 6.04 Å². The second kappa shape index (κ2) is 11.0. The second-order valence-corrected chi connectivity index (χ2v) is 5.60. The molecular weight excluding hydrogens is 354 g/mol. The Morgan fingerprint density at radius 3 is 1.81 bits per heavy atom. The van der Waals surface area contributed by atoms with Crippen molar-refractivity contribution in [3.8, 4) is 0 Å². The minimum absolute atomic E-state index is 0.208. The monoisotopic (exact) mass is 377 g/mol. The van der Waals surface area contributed by atoms with Crippen molar-refractivity contribution < 1.29 is 44.4 Å². The summed E-state index contributed by atoms with van der Waals surface area (Å²) in [4.78, 5) is 56.3. The fraction of sp³-hybridized carbons (Fsp3) is 0.643. The fourth-order valence-electron chi connectivity index (χ4n) is 1.87. The van der Waals surface area contributed by atoms with Gasteiger partial charge in [-0.3, -0.25) is 19.2 Å². The van der Waals surface area contributed by atoms with Gasteiger partial charge in [0.2, 0.25) is 11.8 Å². The van der Waals surface area contributed by atoms with Gasteiger partial charge in [0, 0.05) is 12.8 Å². The number of rotatable bonds is 12. The largest absolute Gasteiger partial charge is 0.481 e. The van der Waals surface area contributed by atoms with E-state index in [1.807, 2.05) is 5.32 Å². The van der Waals surface area contributed by atoms with Gasteiger partial charge in [-0.25, -0.2) is 4.79 Å². The average molecular weight is 377 g/mol. The molecule has 12 heteroatoms. The number of aliphatic hydroxyl groups is 1. The number of aliphatic hydroxyl groups excluding tert-OH is 1. The molecule has 0 bridgehead atoms. The molecule has 26 heavy (non-hydrogen) atoms. The summed E-state index contributed by atoms with van der Waals surface area (Å²) in [5.74, 6) is -5.85. The van der Waals surface area contributed by atoms with E-state index < -0.39 is 60.4 Å². The number of nitrogens with two attached hydrogens (primary N) is 1. The maximum Gasteiger partial charge on any atom is 0.328 e. The average Bonchev–Trinajstić information content (AvgIpc) is 2.52. The number of carboxylic acids is 3. The van der Waals surface area contributed by atoms with Crippen molar-refractivity contribution in [2.75, 3.05) is 0 Å². The predicted molar refractivity (Wildman–Crippen MR) is 84.9 cm³/mol. The number of carbonyl (C=O) groups excluding carboxylic acids is 2. The molecule has 0 aromatic rings. The van der Waals surface area contributed by atoms with Gasteiger partial charge in [0.1, 0.15) is 6.04 Å². The van der Waals surface area contributed by atoms with Crippen molar-refractivity contribution in [2.24, 2.45) is 5.73 Å². The van der Waals surface area contributed by atoms with Crippen LogP contribution in [0.1, 0.15) is 32.6 Å². The van der Waals surface area contributed by atoms with E-state index in [0.717, 1.165) is 6.92 Å². The number of hydrogen-bond donors (Lipinski definition) is 7. The van der Waals surface area contributed by atoms with Crippen molar-refractivity contribution in [2.45, 2.75) is 56.8 Å². The zero-order valence-corrected chi connectivity index (χ0v) is 14.0. The molecule has 0 aliphatic heterocycles. The van der Waals surface area contributed by atoms with Gasteiger partial charge in [0.05, 0.1) is 12.1 Å². The molecule has 0 saturated heterocycles. The Labute approximate surface area is 148 Å². The van der Waals surface area contributed by atoms with Crippen molar-refractivity contribution >= 4 is 29.7 Å². The maximum absolute atomic E-state index is 12.2. The molecule has 148 valence electrons. The summed E-state index contributed by atoms with van der Waals surface area (Å²) in [5, 5.41) is 39.8. The molecule has 8 N–H and O–H groups in total. The van der Waals surface area contributed by atoms with Crippen LogP contribution in [-0.4, -0.2) is 74.4 Å². The van der Waals surface area contributed by atoms with Crippen LogP contribution in [0, 0.1) is 0 Å². The first-order valence-electron chi connectivity index (χ1n) is 7.66. The third-order valence-electron chi connectivity index (χ3n) is 3.33. The van der Waals surface area contributed by atoms with E-state index in [0.29, 0.717) is 0 Å². The lowest BCUT2D eigenvalue weighted by Gasteiger charge is -2.23. The summed E-state index contributed by atoms with van der Waals surface area (Å²) in [6.07, 6.45) is -2.89. The molecule has 2 amide bonds. The molecule has 0 fully saturated rings. The SMILES string of the molecule is CC(O)C(NC(=O)C(CCC(=O)O)NC(=O)C(N)CCC(=O)O)C(=O)O. The molecule has 0 aliphatic carbocycles. The van der Waals surface area contributed by atoms with E-state index in [1.54, 1.807) is 0 Å². The van der Waals surface area contributed by atoms with Crippen molar-refractivity contribution in [1.82, 2.24) is 10.6 Å². The first kappa shape index (κ1) is 23.3. The fourth-order valence-corrected chi connectivity index (χ4v) is 1.87. The van der Waals surface area contributed by atoms with E-state index in [9.17, 15) is 29.1 Å². The quantitative estimate of drug-likeness (QED) is 0.189. The summed E-state index contributed by atoms with van der Waals surface area (Å²) < 4.78 is 0. The Kier molecular flexibility index (Phi) is 9.84. The zero-order valence-electron chi connectivity index (χ0n) is 14.0. The topological polar surface area (TPSA) is 216 Å². The lowest BCUT2D eigenvalue weighted by molar-refractivity contribution is -0.145. The molecular formula is C14H23N3O9. The van der Waals surface area contributed by atoms with E-state index >= 15 is 0 Å². The number of carboxylic acid groups (broad SMARTS) is 3. The molecule has 12 nitrogen and oxygen atoms in total. The lowest BCUT2D eigenvalue weighted by atomic mass is 10.1. The van der Waals surface area contributed by atoms with Crippen LogP contribution in [0.25, 0.3) is 0 Å². The van der Waals surface area contributed by atoms with Gasteiger partial charge in [-0.05, 0) is 19.8 Å².